The summed E-state index contributed by atoms with van der Waals surface area (Å²) in [5.74, 6) is 1.10. The van der Waals surface area contributed by atoms with Crippen molar-refractivity contribution >= 4 is 0 Å². The van der Waals surface area contributed by atoms with Gasteiger partial charge in [0.15, 0.2) is 0 Å². The van der Waals surface area contributed by atoms with Crippen LogP contribution in [0.2, 0.25) is 0 Å². The molecule has 1 atom stereocenters. The van der Waals surface area contributed by atoms with Crippen LogP contribution in [0.15, 0.2) is 6.33 Å². The van der Waals surface area contributed by atoms with E-state index in [1.807, 2.05) is 6.33 Å². The predicted molar refractivity (Wildman–Crippen MR) is 67.6 cm³/mol. The smallest absolute Gasteiger partial charge is 0.147 e. The van der Waals surface area contributed by atoms with Gasteiger partial charge in [0.2, 0.25) is 0 Å². The van der Waals surface area contributed by atoms with Crippen LogP contribution in [-0.2, 0) is 13.1 Å². The maximum Gasteiger partial charge on any atom is 0.147 e. The molecule has 5 heteroatoms. The molecule has 0 bridgehead atoms. The Balaban J connectivity index is 1.79. The Morgan fingerprint density at radius 2 is 2.18 bits per heavy atom. The van der Waals surface area contributed by atoms with Crippen molar-refractivity contribution < 1.29 is 0 Å². The molecule has 0 saturated heterocycles. The second kappa shape index (κ2) is 5.60. The largest absolute Gasteiger partial charge is 0.315 e. The molecule has 0 spiro atoms. The van der Waals surface area contributed by atoms with Gasteiger partial charge >= 0.3 is 0 Å². The van der Waals surface area contributed by atoms with Gasteiger partial charge in [-0.2, -0.15) is 0 Å². The van der Waals surface area contributed by atoms with Crippen LogP contribution in [0.4, 0.5) is 0 Å². The number of fused-ring (bicyclic) bond motifs is 1. The van der Waals surface area contributed by atoms with E-state index >= 15 is 0 Å². The summed E-state index contributed by atoms with van der Waals surface area (Å²) in [6.45, 7) is 10.8. The maximum absolute atomic E-state index is 4.15. The van der Waals surface area contributed by atoms with Gasteiger partial charge < -0.3 is 9.88 Å². The first-order chi connectivity index (χ1) is 8.16. The molecule has 5 nitrogen and oxygen atoms in total. The SMILES string of the molecule is CC(C)NCCC(C)N1CCn2cnnc2C1. The Bertz CT molecular complexity index is 346. The van der Waals surface area contributed by atoms with Crippen LogP contribution in [0.5, 0.6) is 0 Å². The maximum atomic E-state index is 4.15. The van der Waals surface area contributed by atoms with Crippen LogP contribution >= 0.6 is 0 Å². The van der Waals surface area contributed by atoms with E-state index in [1.54, 1.807) is 0 Å². The number of aromatic nitrogens is 3. The highest BCUT2D eigenvalue weighted by Crippen LogP contribution is 2.13. The van der Waals surface area contributed by atoms with Crippen LogP contribution in [0.3, 0.4) is 0 Å². The van der Waals surface area contributed by atoms with Gasteiger partial charge in [0.1, 0.15) is 12.2 Å². The summed E-state index contributed by atoms with van der Waals surface area (Å²) in [6.07, 6.45) is 3.02. The topological polar surface area (TPSA) is 46.0 Å². The molecule has 1 aliphatic heterocycles. The molecule has 2 rings (SSSR count). The summed E-state index contributed by atoms with van der Waals surface area (Å²) in [4.78, 5) is 2.49. The van der Waals surface area contributed by atoms with Gasteiger partial charge in [-0.1, -0.05) is 13.8 Å². The Hall–Kier alpha value is -0.940. The van der Waals surface area contributed by atoms with Crippen LogP contribution in [0.25, 0.3) is 0 Å². The lowest BCUT2D eigenvalue weighted by Crippen LogP contribution is -2.41. The van der Waals surface area contributed by atoms with Crippen LogP contribution < -0.4 is 5.32 Å². The molecular formula is C12H23N5. The average Bonchev–Trinajstić information content (AvgIpc) is 2.75. The molecular weight excluding hydrogens is 214 g/mol. The van der Waals surface area contributed by atoms with Crippen LogP contribution in [-0.4, -0.2) is 44.8 Å². The van der Waals surface area contributed by atoms with Gasteiger partial charge in [-0.05, 0) is 19.9 Å². The second-order valence-electron chi connectivity index (χ2n) is 5.16. The molecule has 1 unspecified atom stereocenters. The van der Waals surface area contributed by atoms with E-state index in [0.29, 0.717) is 12.1 Å². The number of hydrogen-bond acceptors (Lipinski definition) is 4. The fourth-order valence-electron chi connectivity index (χ4n) is 2.22. The van der Waals surface area contributed by atoms with Crippen molar-refractivity contribution in [2.45, 2.75) is 52.4 Å². The number of nitrogens with zero attached hydrogens (tertiary/aromatic N) is 4. The fraction of sp³-hybridized carbons (Fsp3) is 0.833. The van der Waals surface area contributed by atoms with Crippen molar-refractivity contribution in [1.29, 1.82) is 0 Å². The van der Waals surface area contributed by atoms with Gasteiger partial charge in [0, 0.05) is 25.2 Å². The average molecular weight is 237 g/mol. The highest BCUT2D eigenvalue weighted by Gasteiger charge is 2.21. The van der Waals surface area contributed by atoms with Crippen LogP contribution in [0, 0.1) is 0 Å². The minimum absolute atomic E-state index is 0.576. The molecule has 1 aromatic rings. The predicted octanol–water partition coefficient (Wildman–Crippen LogP) is 0.870. The summed E-state index contributed by atoms with van der Waals surface area (Å²) >= 11 is 0. The van der Waals surface area contributed by atoms with Gasteiger partial charge in [-0.15, -0.1) is 10.2 Å². The van der Waals surface area contributed by atoms with Crippen molar-refractivity contribution in [3.8, 4) is 0 Å². The van der Waals surface area contributed by atoms with Gasteiger partial charge in [0.25, 0.3) is 0 Å². The summed E-state index contributed by atoms with van der Waals surface area (Å²) in [6, 6.07) is 1.18. The molecule has 2 heterocycles. The number of nitrogens with one attached hydrogen (secondary N) is 1. The van der Waals surface area contributed by atoms with Crippen molar-refractivity contribution in [2.75, 3.05) is 13.1 Å². The van der Waals surface area contributed by atoms with Gasteiger partial charge in [0.05, 0.1) is 6.54 Å². The number of rotatable bonds is 5. The molecule has 96 valence electrons. The molecule has 1 aliphatic rings. The van der Waals surface area contributed by atoms with Crippen LogP contribution in [0.1, 0.15) is 33.0 Å². The Labute approximate surface area is 103 Å². The molecule has 0 saturated carbocycles. The molecule has 17 heavy (non-hydrogen) atoms. The number of hydrogen-bond donors (Lipinski definition) is 1. The lowest BCUT2D eigenvalue weighted by atomic mass is 10.1. The van der Waals surface area contributed by atoms with E-state index in [2.05, 4.69) is 45.8 Å². The molecule has 1 aromatic heterocycles. The van der Waals surface area contributed by atoms with Crippen molar-refractivity contribution in [1.82, 2.24) is 25.0 Å². The second-order valence-corrected chi connectivity index (χ2v) is 5.16. The van der Waals surface area contributed by atoms with Gasteiger partial charge in [-0.3, -0.25) is 4.90 Å². The minimum Gasteiger partial charge on any atom is -0.315 e. The summed E-state index contributed by atoms with van der Waals surface area (Å²) in [7, 11) is 0. The van der Waals surface area contributed by atoms with Crippen molar-refractivity contribution in [3.05, 3.63) is 12.2 Å². The molecule has 1 N–H and O–H groups in total. The highest BCUT2D eigenvalue weighted by atomic mass is 15.3. The zero-order valence-electron chi connectivity index (χ0n) is 11.1. The van der Waals surface area contributed by atoms with Crippen molar-refractivity contribution in [3.63, 3.8) is 0 Å². The lowest BCUT2D eigenvalue weighted by molar-refractivity contribution is 0.154. The van der Waals surface area contributed by atoms with E-state index < -0.39 is 0 Å². The van der Waals surface area contributed by atoms with E-state index in [4.69, 9.17) is 0 Å². The van der Waals surface area contributed by atoms with E-state index in [9.17, 15) is 0 Å². The molecule has 0 fully saturated rings. The first-order valence-electron chi connectivity index (χ1n) is 6.51. The molecule has 0 radical (unpaired) electrons. The summed E-state index contributed by atoms with van der Waals surface area (Å²) < 4.78 is 2.15. The molecule has 0 aliphatic carbocycles. The van der Waals surface area contributed by atoms with E-state index in [-0.39, 0.29) is 0 Å². The third-order valence-electron chi connectivity index (χ3n) is 3.41. The Morgan fingerprint density at radius 3 is 2.94 bits per heavy atom. The molecule has 0 aromatic carbocycles. The third kappa shape index (κ3) is 3.26. The summed E-state index contributed by atoms with van der Waals surface area (Å²) in [5.41, 5.74) is 0. The van der Waals surface area contributed by atoms with Crippen molar-refractivity contribution in [2.24, 2.45) is 0 Å². The van der Waals surface area contributed by atoms with E-state index in [1.165, 1.54) is 6.42 Å². The zero-order valence-corrected chi connectivity index (χ0v) is 11.1. The zero-order chi connectivity index (χ0) is 12.3. The Morgan fingerprint density at radius 1 is 1.35 bits per heavy atom. The first kappa shape index (κ1) is 12.5. The molecule has 0 amide bonds. The third-order valence-corrected chi connectivity index (χ3v) is 3.41. The lowest BCUT2D eigenvalue weighted by Gasteiger charge is -2.32. The fourth-order valence-corrected chi connectivity index (χ4v) is 2.22. The highest BCUT2D eigenvalue weighted by molar-refractivity contribution is 4.91. The Kier molecular flexibility index (Phi) is 4.12. The summed E-state index contributed by atoms with van der Waals surface area (Å²) in [5, 5.41) is 11.6. The normalized spacial score (nSPS) is 18.4. The standard InChI is InChI=1S/C12H23N5/c1-10(2)13-5-4-11(3)16-6-7-17-9-14-15-12(17)8-16/h9-11,13H,4-8H2,1-3H3. The van der Waals surface area contributed by atoms with E-state index in [0.717, 1.165) is 32.0 Å². The first-order valence-corrected chi connectivity index (χ1v) is 6.51. The minimum atomic E-state index is 0.576. The monoisotopic (exact) mass is 237 g/mol. The van der Waals surface area contributed by atoms with Gasteiger partial charge in [-0.25, -0.2) is 0 Å². The quantitative estimate of drug-likeness (QED) is 0.825.